The average molecular weight is 274 g/mol. The Bertz CT molecular complexity index is 442. The Balaban J connectivity index is 1.82. The molecule has 0 atom stereocenters. The zero-order valence-electron chi connectivity index (χ0n) is 12.7. The molecule has 0 aliphatic carbocycles. The third-order valence-corrected chi connectivity index (χ3v) is 3.83. The van der Waals surface area contributed by atoms with Crippen molar-refractivity contribution in [3.8, 4) is 0 Å². The van der Waals surface area contributed by atoms with Crippen LogP contribution in [0.2, 0.25) is 0 Å². The van der Waals surface area contributed by atoms with Crippen LogP contribution in [0.15, 0.2) is 24.3 Å². The van der Waals surface area contributed by atoms with Crippen LogP contribution in [0.4, 0.5) is 5.69 Å². The van der Waals surface area contributed by atoms with Gasteiger partial charge in [0.15, 0.2) is 0 Å². The van der Waals surface area contributed by atoms with Gasteiger partial charge in [0.2, 0.25) is 5.91 Å². The van der Waals surface area contributed by atoms with Crippen LogP contribution in [0.25, 0.3) is 0 Å². The predicted molar refractivity (Wildman–Crippen MR) is 84.1 cm³/mol. The standard InChI is InChI=1S/C17H26N2O/c1-14(2)9-11-18-12-10-17(20)19-13-5-7-15-6-3-4-8-16(15)19/h3-4,6,8,14,18H,5,7,9-13H2,1-2H3. The summed E-state index contributed by atoms with van der Waals surface area (Å²) in [5, 5.41) is 3.36. The summed E-state index contributed by atoms with van der Waals surface area (Å²) in [6.45, 7) is 7.09. The van der Waals surface area contributed by atoms with E-state index in [0.717, 1.165) is 38.2 Å². The van der Waals surface area contributed by atoms with Crippen molar-refractivity contribution in [3.63, 3.8) is 0 Å². The number of carbonyl (C=O) groups excluding carboxylic acids is 1. The molecule has 1 heterocycles. The lowest BCUT2D eigenvalue weighted by atomic mass is 10.0. The highest BCUT2D eigenvalue weighted by atomic mass is 16.2. The monoisotopic (exact) mass is 274 g/mol. The molecule has 2 rings (SSSR count). The first-order valence-corrected chi connectivity index (χ1v) is 7.77. The van der Waals surface area contributed by atoms with Crippen molar-refractivity contribution in [2.45, 2.75) is 39.5 Å². The summed E-state index contributed by atoms with van der Waals surface area (Å²) in [5.74, 6) is 0.960. The van der Waals surface area contributed by atoms with Crippen molar-refractivity contribution in [1.82, 2.24) is 5.32 Å². The minimum atomic E-state index is 0.245. The fourth-order valence-corrected chi connectivity index (χ4v) is 2.64. The quantitative estimate of drug-likeness (QED) is 0.809. The molecule has 0 saturated carbocycles. The second-order valence-electron chi connectivity index (χ2n) is 5.96. The number of hydrogen-bond donors (Lipinski definition) is 1. The molecule has 0 aromatic heterocycles. The van der Waals surface area contributed by atoms with Gasteiger partial charge in [0.25, 0.3) is 0 Å². The van der Waals surface area contributed by atoms with E-state index in [9.17, 15) is 4.79 Å². The van der Waals surface area contributed by atoms with E-state index < -0.39 is 0 Å². The molecule has 0 spiro atoms. The number of hydrogen-bond acceptors (Lipinski definition) is 2. The number of amides is 1. The number of nitrogens with zero attached hydrogens (tertiary/aromatic N) is 1. The highest BCUT2D eigenvalue weighted by Crippen LogP contribution is 2.26. The molecule has 1 aliphatic rings. The zero-order valence-corrected chi connectivity index (χ0v) is 12.7. The Morgan fingerprint density at radius 1 is 1.30 bits per heavy atom. The molecule has 1 N–H and O–H groups in total. The molecule has 0 fully saturated rings. The zero-order chi connectivity index (χ0) is 14.4. The largest absolute Gasteiger partial charge is 0.316 e. The normalized spacial score (nSPS) is 14.4. The first kappa shape index (κ1) is 15.0. The maximum atomic E-state index is 12.3. The van der Waals surface area contributed by atoms with Gasteiger partial charge in [0.05, 0.1) is 0 Å². The van der Waals surface area contributed by atoms with Crippen molar-refractivity contribution in [2.75, 3.05) is 24.5 Å². The summed E-state index contributed by atoms with van der Waals surface area (Å²) in [7, 11) is 0. The van der Waals surface area contributed by atoms with E-state index >= 15 is 0 Å². The van der Waals surface area contributed by atoms with Crippen LogP contribution in [0.1, 0.15) is 38.7 Å². The molecule has 1 aliphatic heterocycles. The van der Waals surface area contributed by atoms with Gasteiger partial charge in [-0.25, -0.2) is 0 Å². The van der Waals surface area contributed by atoms with Gasteiger partial charge >= 0.3 is 0 Å². The summed E-state index contributed by atoms with van der Waals surface area (Å²) >= 11 is 0. The van der Waals surface area contributed by atoms with Crippen molar-refractivity contribution < 1.29 is 4.79 Å². The number of aryl methyl sites for hydroxylation is 1. The molecule has 0 bridgehead atoms. The Labute approximate surface area is 122 Å². The van der Waals surface area contributed by atoms with Crippen LogP contribution in [0.5, 0.6) is 0 Å². The van der Waals surface area contributed by atoms with Crippen LogP contribution < -0.4 is 10.2 Å². The van der Waals surface area contributed by atoms with Crippen LogP contribution in [0, 0.1) is 5.92 Å². The van der Waals surface area contributed by atoms with Gasteiger partial charge in [-0.3, -0.25) is 4.79 Å². The van der Waals surface area contributed by atoms with Gasteiger partial charge in [0, 0.05) is 25.2 Å². The number of benzene rings is 1. The average Bonchev–Trinajstić information content (AvgIpc) is 2.45. The highest BCUT2D eigenvalue weighted by molar-refractivity contribution is 5.94. The maximum absolute atomic E-state index is 12.3. The Morgan fingerprint density at radius 2 is 2.10 bits per heavy atom. The third-order valence-electron chi connectivity index (χ3n) is 3.83. The van der Waals surface area contributed by atoms with E-state index in [1.165, 1.54) is 12.0 Å². The summed E-state index contributed by atoms with van der Waals surface area (Å²) < 4.78 is 0. The SMILES string of the molecule is CC(C)CCNCCC(=O)N1CCCc2ccccc21. The summed E-state index contributed by atoms with van der Waals surface area (Å²) in [5.41, 5.74) is 2.42. The Kier molecular flexibility index (Phi) is 5.60. The van der Waals surface area contributed by atoms with Gasteiger partial charge in [-0.1, -0.05) is 32.0 Å². The Morgan fingerprint density at radius 3 is 2.90 bits per heavy atom. The predicted octanol–water partition coefficient (Wildman–Crippen LogP) is 2.99. The van der Waals surface area contributed by atoms with Gasteiger partial charge in [0.1, 0.15) is 0 Å². The van der Waals surface area contributed by atoms with Crippen LogP contribution in [0.3, 0.4) is 0 Å². The molecule has 1 aromatic rings. The summed E-state index contributed by atoms with van der Waals surface area (Å²) in [4.78, 5) is 14.3. The molecular formula is C17H26N2O. The van der Waals surface area contributed by atoms with Crippen molar-refractivity contribution in [1.29, 1.82) is 0 Å². The van der Waals surface area contributed by atoms with Crippen molar-refractivity contribution >= 4 is 11.6 Å². The maximum Gasteiger partial charge on any atom is 0.228 e. The Hall–Kier alpha value is -1.35. The second-order valence-corrected chi connectivity index (χ2v) is 5.96. The summed E-state index contributed by atoms with van der Waals surface area (Å²) in [6, 6.07) is 8.28. The van der Waals surface area contributed by atoms with Gasteiger partial charge < -0.3 is 10.2 Å². The number of para-hydroxylation sites is 1. The third kappa shape index (κ3) is 4.07. The van der Waals surface area contributed by atoms with E-state index in [1.807, 2.05) is 11.0 Å². The topological polar surface area (TPSA) is 32.3 Å². The van der Waals surface area contributed by atoms with E-state index in [-0.39, 0.29) is 5.91 Å². The molecule has 3 heteroatoms. The van der Waals surface area contributed by atoms with E-state index in [0.29, 0.717) is 12.3 Å². The van der Waals surface area contributed by atoms with Gasteiger partial charge in [-0.05, 0) is 43.4 Å². The molecule has 3 nitrogen and oxygen atoms in total. The minimum Gasteiger partial charge on any atom is -0.316 e. The van der Waals surface area contributed by atoms with Crippen LogP contribution in [-0.2, 0) is 11.2 Å². The smallest absolute Gasteiger partial charge is 0.228 e. The molecule has 1 aromatic carbocycles. The fourth-order valence-electron chi connectivity index (χ4n) is 2.64. The molecule has 0 radical (unpaired) electrons. The number of fused-ring (bicyclic) bond motifs is 1. The van der Waals surface area contributed by atoms with Crippen LogP contribution in [-0.4, -0.2) is 25.5 Å². The van der Waals surface area contributed by atoms with E-state index in [1.54, 1.807) is 0 Å². The number of rotatable bonds is 6. The number of nitrogens with one attached hydrogen (secondary N) is 1. The van der Waals surface area contributed by atoms with Gasteiger partial charge in [-0.2, -0.15) is 0 Å². The number of anilines is 1. The van der Waals surface area contributed by atoms with Crippen LogP contribution >= 0.6 is 0 Å². The van der Waals surface area contributed by atoms with E-state index in [2.05, 4.69) is 37.4 Å². The fraction of sp³-hybridized carbons (Fsp3) is 0.588. The van der Waals surface area contributed by atoms with Crippen molar-refractivity contribution in [3.05, 3.63) is 29.8 Å². The highest BCUT2D eigenvalue weighted by Gasteiger charge is 2.21. The lowest BCUT2D eigenvalue weighted by Crippen LogP contribution is -2.37. The molecule has 0 unspecified atom stereocenters. The van der Waals surface area contributed by atoms with Gasteiger partial charge in [-0.15, -0.1) is 0 Å². The van der Waals surface area contributed by atoms with E-state index in [4.69, 9.17) is 0 Å². The molecular weight excluding hydrogens is 248 g/mol. The molecule has 110 valence electrons. The summed E-state index contributed by atoms with van der Waals surface area (Å²) in [6.07, 6.45) is 3.92. The minimum absolute atomic E-state index is 0.245. The second kappa shape index (κ2) is 7.44. The lowest BCUT2D eigenvalue weighted by molar-refractivity contribution is -0.118. The van der Waals surface area contributed by atoms with Crippen molar-refractivity contribution in [2.24, 2.45) is 5.92 Å². The molecule has 1 amide bonds. The first-order chi connectivity index (χ1) is 9.68. The lowest BCUT2D eigenvalue weighted by Gasteiger charge is -2.29. The number of carbonyl (C=O) groups is 1. The first-order valence-electron chi connectivity index (χ1n) is 7.77. The molecule has 20 heavy (non-hydrogen) atoms. The molecule has 0 saturated heterocycles.